The van der Waals surface area contributed by atoms with E-state index in [1.807, 2.05) is 36.4 Å². The van der Waals surface area contributed by atoms with Crippen LogP contribution in [-0.4, -0.2) is 54.5 Å². The predicted molar refractivity (Wildman–Crippen MR) is 154 cm³/mol. The first-order valence-corrected chi connectivity index (χ1v) is 14.5. The van der Waals surface area contributed by atoms with Crippen molar-refractivity contribution in [3.8, 4) is 0 Å². The number of nitrogens with zero attached hydrogens (tertiary/aromatic N) is 1. The summed E-state index contributed by atoms with van der Waals surface area (Å²) in [7, 11) is 0. The SMILES string of the molecule is O=C(CNC(=O)c1cccc(C(F)(F)F)c1)N[C@H]1CN(C2CCC(c3ccccc3)CC2)C[C@@H]1OCc1ccccc1. The molecule has 2 atom stereocenters. The van der Waals surface area contributed by atoms with E-state index in [0.29, 0.717) is 31.7 Å². The Morgan fingerprint density at radius 2 is 1.55 bits per heavy atom. The summed E-state index contributed by atoms with van der Waals surface area (Å²) in [4.78, 5) is 27.8. The molecule has 0 bridgehead atoms. The van der Waals surface area contributed by atoms with E-state index in [1.165, 1.54) is 17.7 Å². The molecule has 2 aliphatic rings. The van der Waals surface area contributed by atoms with Crippen LogP contribution in [0.25, 0.3) is 0 Å². The van der Waals surface area contributed by atoms with E-state index in [9.17, 15) is 22.8 Å². The lowest BCUT2D eigenvalue weighted by atomic mass is 9.81. The lowest BCUT2D eigenvalue weighted by molar-refractivity contribution is -0.137. The van der Waals surface area contributed by atoms with E-state index >= 15 is 0 Å². The average Bonchev–Trinajstić information content (AvgIpc) is 3.41. The number of halogens is 3. The maximum absolute atomic E-state index is 13.0. The van der Waals surface area contributed by atoms with Gasteiger partial charge in [0.15, 0.2) is 0 Å². The van der Waals surface area contributed by atoms with Crippen LogP contribution in [0.1, 0.15) is 58.6 Å². The molecule has 0 spiro atoms. The van der Waals surface area contributed by atoms with Crippen LogP contribution >= 0.6 is 0 Å². The van der Waals surface area contributed by atoms with Gasteiger partial charge in [-0.05, 0) is 60.9 Å². The minimum atomic E-state index is -4.56. The number of ether oxygens (including phenoxy) is 1. The molecule has 2 fully saturated rings. The first kappa shape index (κ1) is 29.8. The summed E-state index contributed by atoms with van der Waals surface area (Å²) >= 11 is 0. The molecule has 1 heterocycles. The second-order valence-corrected chi connectivity index (χ2v) is 11.1. The fraction of sp³-hybridized carbons (Fsp3) is 0.394. The van der Waals surface area contributed by atoms with Gasteiger partial charge in [-0.2, -0.15) is 13.2 Å². The van der Waals surface area contributed by atoms with Gasteiger partial charge in [-0.15, -0.1) is 0 Å². The minimum Gasteiger partial charge on any atom is -0.370 e. The van der Waals surface area contributed by atoms with Crippen molar-refractivity contribution in [2.45, 2.75) is 62.6 Å². The Bertz CT molecular complexity index is 1330. The van der Waals surface area contributed by atoms with Crippen molar-refractivity contribution in [2.24, 2.45) is 0 Å². The van der Waals surface area contributed by atoms with E-state index in [1.54, 1.807) is 0 Å². The quantitative estimate of drug-likeness (QED) is 0.349. The molecule has 2 amide bonds. The number of amides is 2. The third-order valence-electron chi connectivity index (χ3n) is 8.29. The molecule has 1 aliphatic carbocycles. The van der Waals surface area contributed by atoms with Crippen LogP contribution < -0.4 is 10.6 Å². The monoisotopic (exact) mass is 579 g/mol. The first-order valence-electron chi connectivity index (χ1n) is 14.5. The second kappa shape index (κ2) is 13.5. The third kappa shape index (κ3) is 7.77. The van der Waals surface area contributed by atoms with Crippen LogP contribution in [0.3, 0.4) is 0 Å². The molecule has 0 aromatic heterocycles. The molecule has 1 aliphatic heterocycles. The molecule has 1 saturated carbocycles. The van der Waals surface area contributed by atoms with Crippen molar-refractivity contribution in [2.75, 3.05) is 19.6 Å². The molecule has 5 rings (SSSR count). The molecular formula is C33H36F3N3O3. The highest BCUT2D eigenvalue weighted by molar-refractivity contribution is 5.96. The first-order chi connectivity index (χ1) is 20.3. The Balaban J connectivity index is 1.18. The molecule has 3 aromatic rings. The zero-order valence-corrected chi connectivity index (χ0v) is 23.4. The number of likely N-dealkylation sites (tertiary alicyclic amines) is 1. The Kier molecular flexibility index (Phi) is 9.59. The van der Waals surface area contributed by atoms with Crippen molar-refractivity contribution in [3.05, 3.63) is 107 Å². The number of rotatable bonds is 9. The van der Waals surface area contributed by atoms with Gasteiger partial charge in [0.25, 0.3) is 5.91 Å². The van der Waals surface area contributed by atoms with Crippen LogP contribution in [0.4, 0.5) is 13.2 Å². The van der Waals surface area contributed by atoms with Crippen molar-refractivity contribution in [1.29, 1.82) is 0 Å². The van der Waals surface area contributed by atoms with Crippen LogP contribution in [0.5, 0.6) is 0 Å². The number of hydrogen-bond donors (Lipinski definition) is 2. The molecule has 0 unspecified atom stereocenters. The highest BCUT2D eigenvalue weighted by Crippen LogP contribution is 2.36. The highest BCUT2D eigenvalue weighted by Gasteiger charge is 2.39. The van der Waals surface area contributed by atoms with E-state index in [0.717, 1.165) is 43.4 Å². The number of nitrogens with one attached hydrogen (secondary N) is 2. The summed E-state index contributed by atoms with van der Waals surface area (Å²) in [6.45, 7) is 1.39. The topological polar surface area (TPSA) is 70.7 Å². The van der Waals surface area contributed by atoms with Crippen molar-refractivity contribution in [1.82, 2.24) is 15.5 Å². The molecule has 0 radical (unpaired) electrons. The fourth-order valence-corrected chi connectivity index (χ4v) is 6.04. The Morgan fingerprint density at radius 1 is 0.857 bits per heavy atom. The number of alkyl halides is 3. The number of benzene rings is 3. The largest absolute Gasteiger partial charge is 0.416 e. The summed E-state index contributed by atoms with van der Waals surface area (Å²) in [5.74, 6) is -0.592. The molecule has 2 N–H and O–H groups in total. The van der Waals surface area contributed by atoms with Gasteiger partial charge in [0.2, 0.25) is 5.91 Å². The summed E-state index contributed by atoms with van der Waals surface area (Å²) in [5, 5.41) is 5.46. The fourth-order valence-electron chi connectivity index (χ4n) is 6.04. The van der Waals surface area contributed by atoms with Gasteiger partial charge < -0.3 is 15.4 Å². The van der Waals surface area contributed by atoms with Gasteiger partial charge in [0.05, 0.1) is 30.9 Å². The molecule has 1 saturated heterocycles. The lowest BCUT2D eigenvalue weighted by Crippen LogP contribution is -2.48. The smallest absolute Gasteiger partial charge is 0.370 e. The molecule has 9 heteroatoms. The van der Waals surface area contributed by atoms with Gasteiger partial charge in [-0.25, -0.2) is 0 Å². The molecule has 6 nitrogen and oxygen atoms in total. The third-order valence-corrected chi connectivity index (χ3v) is 8.29. The number of hydrogen-bond acceptors (Lipinski definition) is 4. The summed E-state index contributed by atoms with van der Waals surface area (Å²) in [5.41, 5.74) is 1.36. The van der Waals surface area contributed by atoms with Crippen molar-refractivity contribution < 1.29 is 27.5 Å². The van der Waals surface area contributed by atoms with Gasteiger partial charge >= 0.3 is 6.18 Å². The van der Waals surface area contributed by atoms with E-state index < -0.39 is 23.6 Å². The van der Waals surface area contributed by atoms with Crippen LogP contribution in [0.2, 0.25) is 0 Å². The van der Waals surface area contributed by atoms with Crippen LogP contribution in [0.15, 0.2) is 84.9 Å². The molecular weight excluding hydrogens is 543 g/mol. The van der Waals surface area contributed by atoms with Gasteiger partial charge in [0, 0.05) is 24.7 Å². The van der Waals surface area contributed by atoms with Crippen molar-refractivity contribution >= 4 is 11.8 Å². The molecule has 42 heavy (non-hydrogen) atoms. The van der Waals surface area contributed by atoms with Gasteiger partial charge in [-0.1, -0.05) is 66.7 Å². The minimum absolute atomic E-state index is 0.153. The maximum Gasteiger partial charge on any atom is 0.416 e. The predicted octanol–water partition coefficient (Wildman–Crippen LogP) is 5.55. The van der Waals surface area contributed by atoms with Gasteiger partial charge in [-0.3, -0.25) is 14.5 Å². The highest BCUT2D eigenvalue weighted by atomic mass is 19.4. The van der Waals surface area contributed by atoms with Crippen LogP contribution in [-0.2, 0) is 22.3 Å². The number of carbonyl (C=O) groups is 2. The lowest BCUT2D eigenvalue weighted by Gasteiger charge is -2.34. The summed E-state index contributed by atoms with van der Waals surface area (Å²) < 4.78 is 45.4. The second-order valence-electron chi connectivity index (χ2n) is 11.1. The van der Waals surface area contributed by atoms with E-state index in [2.05, 4.69) is 39.8 Å². The van der Waals surface area contributed by atoms with Crippen molar-refractivity contribution in [3.63, 3.8) is 0 Å². The van der Waals surface area contributed by atoms with E-state index in [4.69, 9.17) is 4.74 Å². The Morgan fingerprint density at radius 3 is 2.24 bits per heavy atom. The summed E-state index contributed by atoms with van der Waals surface area (Å²) in [6, 6.07) is 24.7. The van der Waals surface area contributed by atoms with Crippen LogP contribution in [0, 0.1) is 0 Å². The molecule has 3 aromatic carbocycles. The Labute approximate surface area is 244 Å². The normalized spacial score (nSPS) is 22.9. The van der Waals surface area contributed by atoms with E-state index in [-0.39, 0.29) is 24.3 Å². The van der Waals surface area contributed by atoms with Gasteiger partial charge in [0.1, 0.15) is 0 Å². The maximum atomic E-state index is 13.0. The number of carbonyl (C=O) groups excluding carboxylic acids is 2. The summed E-state index contributed by atoms with van der Waals surface area (Å²) in [6.07, 6.45) is -0.437. The zero-order chi connectivity index (χ0) is 29.5. The standard InChI is InChI=1S/C33H36F3N3O3/c34-33(35,36)27-13-7-12-26(18-27)32(41)37-19-31(40)38-29-20-39(21-30(29)42-22-23-8-3-1-4-9-23)28-16-14-25(15-17-28)24-10-5-2-6-11-24/h1-13,18,25,28-30H,14-17,19-22H2,(H,37,41)(H,38,40)/t25?,28?,29-,30-/m0/s1. The average molecular weight is 580 g/mol. The molecule has 222 valence electrons. The Hall–Kier alpha value is -3.69. The zero-order valence-electron chi connectivity index (χ0n) is 23.4.